The summed E-state index contributed by atoms with van der Waals surface area (Å²) < 4.78 is 0. The predicted molar refractivity (Wildman–Crippen MR) is 67.0 cm³/mol. The van der Waals surface area contributed by atoms with Gasteiger partial charge in [0.1, 0.15) is 0 Å². The number of aliphatic hydroxyl groups is 2. The molecular formula is C14H24O2Y2. The molecule has 2 N–H and O–H groups in total. The first-order valence-electron chi connectivity index (χ1n) is 6.24. The van der Waals surface area contributed by atoms with Gasteiger partial charge in [-0.2, -0.15) is 0 Å². The van der Waals surface area contributed by atoms with E-state index >= 15 is 0 Å². The van der Waals surface area contributed by atoms with Gasteiger partial charge in [0.2, 0.25) is 0 Å². The van der Waals surface area contributed by atoms with E-state index in [1.807, 2.05) is 0 Å². The molecule has 0 aromatic carbocycles. The van der Waals surface area contributed by atoms with Crippen molar-refractivity contribution in [1.82, 2.24) is 0 Å². The fourth-order valence-electron chi connectivity index (χ4n) is 2.23. The predicted octanol–water partition coefficient (Wildman–Crippen LogP) is 2.38. The van der Waals surface area contributed by atoms with Gasteiger partial charge in [-0.15, -0.1) is 0 Å². The van der Waals surface area contributed by atoms with Crippen molar-refractivity contribution in [2.75, 3.05) is 13.2 Å². The number of hydrogen-bond donors (Lipinski definition) is 2. The van der Waals surface area contributed by atoms with Crippen molar-refractivity contribution in [2.45, 2.75) is 26.7 Å². The third kappa shape index (κ3) is 8.71. The molecule has 0 fully saturated rings. The van der Waals surface area contributed by atoms with E-state index in [1.165, 1.54) is 0 Å². The summed E-state index contributed by atoms with van der Waals surface area (Å²) in [5.41, 5.74) is 0. The summed E-state index contributed by atoms with van der Waals surface area (Å²) in [5, 5.41) is 17.3. The van der Waals surface area contributed by atoms with Gasteiger partial charge in [-0.3, -0.25) is 0 Å². The molecule has 0 saturated carbocycles. The van der Waals surface area contributed by atoms with Crippen molar-refractivity contribution in [3.8, 4) is 0 Å². The zero-order valence-electron chi connectivity index (χ0n) is 11.5. The van der Waals surface area contributed by atoms with Gasteiger partial charge >= 0.3 is 0 Å². The molecule has 98 valence electrons. The summed E-state index contributed by atoms with van der Waals surface area (Å²) in [6, 6.07) is 0. The van der Waals surface area contributed by atoms with Crippen LogP contribution >= 0.6 is 0 Å². The van der Waals surface area contributed by atoms with Crippen LogP contribution in [0.15, 0.2) is 24.3 Å². The number of hydrogen-bond acceptors (Lipinski definition) is 2. The smallest absolute Gasteiger partial charge is 0.0494 e. The molecule has 0 aromatic rings. The Morgan fingerprint density at radius 3 is 1.22 bits per heavy atom. The monoisotopic (exact) mass is 402 g/mol. The van der Waals surface area contributed by atoms with Gasteiger partial charge in [0.25, 0.3) is 0 Å². The Morgan fingerprint density at radius 2 is 1.11 bits per heavy atom. The van der Waals surface area contributed by atoms with E-state index in [0.717, 1.165) is 12.8 Å². The maximum atomic E-state index is 8.63. The van der Waals surface area contributed by atoms with Gasteiger partial charge in [0.05, 0.1) is 0 Å². The number of allylic oxidation sites excluding steroid dienone is 2. The molecule has 0 aromatic heterocycles. The third-order valence-electron chi connectivity index (χ3n) is 3.24. The first-order valence-corrected chi connectivity index (χ1v) is 6.24. The molecule has 0 spiro atoms. The van der Waals surface area contributed by atoms with Crippen LogP contribution in [-0.4, -0.2) is 23.4 Å². The minimum atomic E-state index is 0. The Balaban J connectivity index is 0. The van der Waals surface area contributed by atoms with Crippen LogP contribution in [0.3, 0.4) is 0 Å². The molecule has 4 atom stereocenters. The fourth-order valence-corrected chi connectivity index (χ4v) is 2.23. The molecule has 4 heteroatoms. The Morgan fingerprint density at radius 1 is 0.778 bits per heavy atom. The van der Waals surface area contributed by atoms with Gasteiger partial charge in [0, 0.05) is 90.5 Å². The molecule has 2 aliphatic carbocycles. The molecule has 2 nitrogen and oxygen atoms in total. The van der Waals surface area contributed by atoms with Crippen molar-refractivity contribution in [2.24, 2.45) is 23.7 Å². The first kappa shape index (κ1) is 21.9. The quantitative estimate of drug-likeness (QED) is 0.697. The van der Waals surface area contributed by atoms with Gasteiger partial charge in [-0.1, -0.05) is 38.2 Å². The average Bonchev–Trinajstić information content (AvgIpc) is 2.88. The van der Waals surface area contributed by atoms with E-state index in [2.05, 4.69) is 38.2 Å². The Hall–Kier alpha value is 1.61. The second kappa shape index (κ2) is 12.4. The SMILES string of the molecule is CC1C=C[C@@H](CO)C1.C[C@@H]1C=C[C@H](CO)C1.[Y].[Y]. The first-order chi connectivity index (χ1) is 7.65. The Labute approximate surface area is 161 Å². The minimum Gasteiger partial charge on any atom is -0.396 e. The molecule has 2 aliphatic rings. The molecule has 0 saturated heterocycles. The molecule has 2 rings (SSSR count). The maximum absolute atomic E-state index is 8.63. The van der Waals surface area contributed by atoms with E-state index in [4.69, 9.17) is 10.2 Å². The second-order valence-electron chi connectivity index (χ2n) is 5.08. The summed E-state index contributed by atoms with van der Waals surface area (Å²) in [4.78, 5) is 0. The van der Waals surface area contributed by atoms with Crippen LogP contribution in [-0.2, 0) is 65.4 Å². The maximum Gasteiger partial charge on any atom is 0.0494 e. The van der Waals surface area contributed by atoms with Crippen LogP contribution in [0.25, 0.3) is 0 Å². The fraction of sp³-hybridized carbons (Fsp3) is 0.714. The topological polar surface area (TPSA) is 40.5 Å². The van der Waals surface area contributed by atoms with E-state index < -0.39 is 0 Å². The summed E-state index contributed by atoms with van der Waals surface area (Å²) in [5.74, 6) is 2.27. The Kier molecular flexibility index (Phi) is 15.0. The van der Waals surface area contributed by atoms with Crippen LogP contribution in [0, 0.1) is 23.7 Å². The Bertz CT molecular complexity index is 228. The number of aliphatic hydroxyl groups excluding tert-OH is 2. The average molecular weight is 402 g/mol. The molecule has 1 unspecified atom stereocenters. The zero-order chi connectivity index (χ0) is 12.0. The molecule has 0 heterocycles. The van der Waals surface area contributed by atoms with Crippen LogP contribution in [0.1, 0.15) is 26.7 Å². The van der Waals surface area contributed by atoms with Gasteiger partial charge in [0.15, 0.2) is 0 Å². The number of rotatable bonds is 2. The van der Waals surface area contributed by atoms with E-state index in [0.29, 0.717) is 36.9 Å². The van der Waals surface area contributed by atoms with Crippen LogP contribution in [0.5, 0.6) is 0 Å². The molecule has 2 radical (unpaired) electrons. The third-order valence-corrected chi connectivity index (χ3v) is 3.24. The van der Waals surface area contributed by atoms with E-state index in [-0.39, 0.29) is 65.4 Å². The summed E-state index contributed by atoms with van der Waals surface area (Å²) >= 11 is 0. The van der Waals surface area contributed by atoms with Gasteiger partial charge in [-0.05, 0) is 24.7 Å². The van der Waals surface area contributed by atoms with Crippen molar-refractivity contribution >= 4 is 0 Å². The standard InChI is InChI=1S/2C7H12O.2Y/c2*1-6-2-3-7(4-6)5-8;;/h2*2-3,6-8H,4-5H2,1H3;;/t6?,7-;6-,7+;;/m11../s1. The van der Waals surface area contributed by atoms with Crippen LogP contribution < -0.4 is 0 Å². The van der Waals surface area contributed by atoms with Crippen molar-refractivity contribution in [3.05, 3.63) is 24.3 Å². The molecule has 0 bridgehead atoms. The largest absolute Gasteiger partial charge is 0.396 e. The van der Waals surface area contributed by atoms with Crippen molar-refractivity contribution in [1.29, 1.82) is 0 Å². The molecule has 0 aliphatic heterocycles. The summed E-state index contributed by atoms with van der Waals surface area (Å²) in [7, 11) is 0. The van der Waals surface area contributed by atoms with E-state index in [9.17, 15) is 0 Å². The molecule has 0 amide bonds. The van der Waals surface area contributed by atoms with Crippen LogP contribution in [0.4, 0.5) is 0 Å². The summed E-state index contributed by atoms with van der Waals surface area (Å²) in [6.45, 7) is 4.99. The van der Waals surface area contributed by atoms with Crippen LogP contribution in [0.2, 0.25) is 0 Å². The van der Waals surface area contributed by atoms with E-state index in [1.54, 1.807) is 0 Å². The minimum absolute atomic E-state index is 0. The van der Waals surface area contributed by atoms with Gasteiger partial charge < -0.3 is 10.2 Å². The zero-order valence-corrected chi connectivity index (χ0v) is 17.2. The summed E-state index contributed by atoms with van der Waals surface area (Å²) in [6.07, 6.45) is 10.8. The molecule has 18 heavy (non-hydrogen) atoms. The van der Waals surface area contributed by atoms with Crippen molar-refractivity contribution in [3.63, 3.8) is 0 Å². The normalized spacial score (nSPS) is 32.2. The molecular weight excluding hydrogens is 378 g/mol. The van der Waals surface area contributed by atoms with Gasteiger partial charge in [-0.25, -0.2) is 0 Å². The second-order valence-corrected chi connectivity index (χ2v) is 5.08. The van der Waals surface area contributed by atoms with Crippen molar-refractivity contribution < 1.29 is 75.6 Å².